The molecule has 0 aliphatic heterocycles. The fourth-order valence-electron chi connectivity index (χ4n) is 3.10. The van der Waals surface area contributed by atoms with Crippen LogP contribution in [0.15, 0.2) is 23.1 Å². The van der Waals surface area contributed by atoms with Gasteiger partial charge in [0.25, 0.3) is 10.1 Å². The molecular formula is C21H36O5S. The summed E-state index contributed by atoms with van der Waals surface area (Å²) in [6.07, 6.45) is 16.6. The molecule has 1 rings (SSSR count). The molecule has 2 N–H and O–H groups in total. The highest BCUT2D eigenvalue weighted by Gasteiger charge is 2.16. The van der Waals surface area contributed by atoms with E-state index >= 15 is 0 Å². The van der Waals surface area contributed by atoms with Crippen LogP contribution in [0.2, 0.25) is 0 Å². The molecule has 0 amide bonds. The van der Waals surface area contributed by atoms with Gasteiger partial charge in [-0.25, -0.2) is 0 Å². The van der Waals surface area contributed by atoms with E-state index in [1.54, 1.807) is 0 Å². The van der Waals surface area contributed by atoms with Crippen LogP contribution in [0, 0.1) is 0 Å². The highest BCUT2D eigenvalue weighted by Crippen LogP contribution is 2.27. The van der Waals surface area contributed by atoms with Gasteiger partial charge in [-0.2, -0.15) is 8.42 Å². The van der Waals surface area contributed by atoms with E-state index in [-0.39, 0.29) is 0 Å². The number of phenolic OH excluding ortho intramolecular Hbond substituents is 1. The summed E-state index contributed by atoms with van der Waals surface area (Å²) in [5, 5.41) is 9.47. The zero-order chi connectivity index (χ0) is 20.0. The second-order valence-corrected chi connectivity index (χ2v) is 8.59. The van der Waals surface area contributed by atoms with Crippen molar-refractivity contribution in [2.24, 2.45) is 0 Å². The van der Waals surface area contributed by atoms with Crippen molar-refractivity contribution in [1.29, 1.82) is 0 Å². The molecular weight excluding hydrogens is 364 g/mol. The summed E-state index contributed by atoms with van der Waals surface area (Å²) in [5.41, 5.74) is 0. The van der Waals surface area contributed by atoms with Crippen molar-refractivity contribution >= 4 is 10.1 Å². The van der Waals surface area contributed by atoms with E-state index in [9.17, 15) is 13.5 Å². The van der Waals surface area contributed by atoms with Crippen LogP contribution in [0.1, 0.15) is 90.4 Å². The van der Waals surface area contributed by atoms with Gasteiger partial charge in [0.2, 0.25) is 0 Å². The normalized spacial score (nSPS) is 11.6. The van der Waals surface area contributed by atoms with Gasteiger partial charge in [0.15, 0.2) is 0 Å². The van der Waals surface area contributed by atoms with E-state index < -0.39 is 20.8 Å². The van der Waals surface area contributed by atoms with E-state index in [4.69, 9.17) is 9.29 Å². The van der Waals surface area contributed by atoms with Crippen LogP contribution in [-0.4, -0.2) is 24.7 Å². The predicted molar refractivity (Wildman–Crippen MR) is 109 cm³/mol. The molecule has 0 spiro atoms. The third-order valence-corrected chi connectivity index (χ3v) is 5.61. The maximum Gasteiger partial charge on any atom is 0.298 e. The van der Waals surface area contributed by atoms with Gasteiger partial charge >= 0.3 is 0 Å². The summed E-state index contributed by atoms with van der Waals surface area (Å²) in [5.74, 6) is -0.148. The Kier molecular flexibility index (Phi) is 12.2. The van der Waals surface area contributed by atoms with Crippen LogP contribution >= 0.6 is 0 Å². The Labute approximate surface area is 164 Å². The minimum Gasteiger partial charge on any atom is -0.506 e. The molecule has 0 aliphatic rings. The quantitative estimate of drug-likeness (QED) is 0.258. The minimum absolute atomic E-state index is 0.333. The molecule has 5 nitrogen and oxygen atoms in total. The SMILES string of the molecule is CCCCCCCCCCCCCCCOc1ccc(O)c(S(=O)(=O)O)c1. The number of hydrogen-bond acceptors (Lipinski definition) is 4. The zero-order valence-corrected chi connectivity index (χ0v) is 17.5. The Balaban J connectivity index is 2.01. The number of phenols is 1. The number of ether oxygens (including phenoxy) is 1. The van der Waals surface area contributed by atoms with Crippen molar-refractivity contribution in [3.8, 4) is 11.5 Å². The molecule has 0 unspecified atom stereocenters. The largest absolute Gasteiger partial charge is 0.506 e. The van der Waals surface area contributed by atoms with Crippen LogP contribution in [0.4, 0.5) is 0 Å². The first kappa shape index (κ1) is 23.8. The number of benzene rings is 1. The first-order valence-electron chi connectivity index (χ1n) is 10.4. The molecule has 0 aliphatic carbocycles. The van der Waals surface area contributed by atoms with Crippen LogP contribution in [-0.2, 0) is 10.1 Å². The standard InChI is InChI=1S/C21H36O5S/c1-2-3-4-5-6-7-8-9-10-11-12-13-14-17-26-19-15-16-20(22)21(18-19)27(23,24)25/h15-16,18,22H,2-14,17H2,1H3,(H,23,24,25). The molecule has 0 fully saturated rings. The average molecular weight is 401 g/mol. The van der Waals surface area contributed by atoms with Gasteiger partial charge in [0.1, 0.15) is 16.4 Å². The van der Waals surface area contributed by atoms with Crippen LogP contribution in [0.5, 0.6) is 11.5 Å². The minimum atomic E-state index is -4.44. The van der Waals surface area contributed by atoms with Crippen LogP contribution < -0.4 is 4.74 Å². The van der Waals surface area contributed by atoms with Crippen molar-refractivity contribution < 1.29 is 22.8 Å². The Hall–Kier alpha value is -1.27. The summed E-state index contributed by atoms with van der Waals surface area (Å²) in [6, 6.07) is 3.85. The Morgan fingerprint density at radius 1 is 0.815 bits per heavy atom. The molecule has 0 bridgehead atoms. The lowest BCUT2D eigenvalue weighted by atomic mass is 10.0. The van der Waals surface area contributed by atoms with Gasteiger partial charge in [0, 0.05) is 6.07 Å². The molecule has 6 heteroatoms. The number of unbranched alkanes of at least 4 members (excludes halogenated alkanes) is 12. The molecule has 27 heavy (non-hydrogen) atoms. The Morgan fingerprint density at radius 2 is 1.30 bits per heavy atom. The van der Waals surface area contributed by atoms with Gasteiger partial charge in [0.05, 0.1) is 6.61 Å². The topological polar surface area (TPSA) is 83.8 Å². The van der Waals surface area contributed by atoms with Gasteiger partial charge in [-0.3, -0.25) is 4.55 Å². The monoisotopic (exact) mass is 400 g/mol. The summed E-state index contributed by atoms with van der Waals surface area (Å²) in [6.45, 7) is 2.74. The highest BCUT2D eigenvalue weighted by atomic mass is 32.2. The van der Waals surface area contributed by atoms with E-state index in [2.05, 4.69) is 6.92 Å². The van der Waals surface area contributed by atoms with E-state index in [1.807, 2.05) is 0 Å². The predicted octanol–water partition coefficient (Wildman–Crippen LogP) is 6.11. The van der Waals surface area contributed by atoms with E-state index in [0.717, 1.165) is 18.9 Å². The highest BCUT2D eigenvalue weighted by molar-refractivity contribution is 7.86. The first-order valence-corrected chi connectivity index (χ1v) is 11.8. The molecule has 0 radical (unpaired) electrons. The molecule has 1 aromatic rings. The maximum atomic E-state index is 11.1. The third-order valence-electron chi connectivity index (χ3n) is 4.73. The molecule has 0 aromatic heterocycles. The van der Waals surface area contributed by atoms with Gasteiger partial charge in [-0.05, 0) is 18.6 Å². The van der Waals surface area contributed by atoms with Crippen LogP contribution in [0.25, 0.3) is 0 Å². The third kappa shape index (κ3) is 11.2. The summed E-state index contributed by atoms with van der Waals surface area (Å²) >= 11 is 0. The van der Waals surface area contributed by atoms with Gasteiger partial charge in [-0.15, -0.1) is 0 Å². The summed E-state index contributed by atoms with van der Waals surface area (Å²) < 4.78 is 36.9. The van der Waals surface area contributed by atoms with Crippen molar-refractivity contribution in [3.05, 3.63) is 18.2 Å². The summed E-state index contributed by atoms with van der Waals surface area (Å²) in [7, 11) is -4.44. The van der Waals surface area contributed by atoms with Crippen LogP contribution in [0.3, 0.4) is 0 Å². The molecule has 0 atom stereocenters. The Bertz CT molecular complexity index is 613. The molecule has 156 valence electrons. The lowest BCUT2D eigenvalue weighted by Crippen LogP contribution is -2.01. The van der Waals surface area contributed by atoms with Crippen molar-refractivity contribution in [2.45, 2.75) is 95.3 Å². The van der Waals surface area contributed by atoms with E-state index in [1.165, 1.54) is 82.8 Å². The smallest absolute Gasteiger partial charge is 0.298 e. The second-order valence-electron chi connectivity index (χ2n) is 7.20. The molecule has 1 aromatic carbocycles. The lowest BCUT2D eigenvalue weighted by molar-refractivity contribution is 0.302. The van der Waals surface area contributed by atoms with Crippen molar-refractivity contribution in [3.63, 3.8) is 0 Å². The number of hydrogen-bond donors (Lipinski definition) is 2. The number of rotatable bonds is 16. The van der Waals surface area contributed by atoms with Crippen molar-refractivity contribution in [2.75, 3.05) is 6.61 Å². The maximum absolute atomic E-state index is 11.1. The summed E-state index contributed by atoms with van der Waals surface area (Å²) in [4.78, 5) is -0.523. The lowest BCUT2D eigenvalue weighted by Gasteiger charge is -2.08. The zero-order valence-electron chi connectivity index (χ0n) is 16.7. The van der Waals surface area contributed by atoms with E-state index in [0.29, 0.717) is 12.4 Å². The fourth-order valence-corrected chi connectivity index (χ4v) is 3.70. The molecule has 0 heterocycles. The fraction of sp³-hybridized carbons (Fsp3) is 0.714. The molecule has 0 saturated heterocycles. The number of aromatic hydroxyl groups is 1. The second kappa shape index (κ2) is 13.8. The molecule has 0 saturated carbocycles. The van der Waals surface area contributed by atoms with Crippen molar-refractivity contribution in [1.82, 2.24) is 0 Å². The van der Waals surface area contributed by atoms with Gasteiger partial charge < -0.3 is 9.84 Å². The Morgan fingerprint density at radius 3 is 1.78 bits per heavy atom. The average Bonchev–Trinajstić information content (AvgIpc) is 2.62. The first-order chi connectivity index (χ1) is 12.9. The van der Waals surface area contributed by atoms with Gasteiger partial charge in [-0.1, -0.05) is 84.0 Å².